The highest BCUT2D eigenvalue weighted by Gasteiger charge is 2.30. The molecule has 0 atom stereocenters. The summed E-state index contributed by atoms with van der Waals surface area (Å²) in [7, 11) is 0. The van der Waals surface area contributed by atoms with Crippen LogP contribution in [-0.4, -0.2) is 21.3 Å². The topological polar surface area (TPSA) is 53.6 Å². The van der Waals surface area contributed by atoms with Gasteiger partial charge >= 0.3 is 5.51 Å². The number of benzene rings is 1. The van der Waals surface area contributed by atoms with Gasteiger partial charge in [0.15, 0.2) is 0 Å². The summed E-state index contributed by atoms with van der Waals surface area (Å²) < 4.78 is 38.8. The van der Waals surface area contributed by atoms with Gasteiger partial charge in [-0.05, 0) is 37.7 Å². The van der Waals surface area contributed by atoms with Gasteiger partial charge in [-0.3, -0.25) is 0 Å². The Labute approximate surface area is 150 Å². The number of hydrogen-bond acceptors (Lipinski definition) is 4. The molecule has 0 aliphatic rings. The maximum absolute atomic E-state index is 12.5. The minimum Gasteiger partial charge on any atom is -0.367 e. The number of anilines is 1. The fourth-order valence-electron chi connectivity index (χ4n) is 1.95. The lowest BCUT2D eigenvalue weighted by molar-refractivity contribution is -0.0328. The molecule has 2 rings (SSSR count). The van der Waals surface area contributed by atoms with Crippen molar-refractivity contribution in [1.29, 1.82) is 5.26 Å². The Balaban J connectivity index is 2.54. The van der Waals surface area contributed by atoms with E-state index in [1.54, 1.807) is 0 Å². The van der Waals surface area contributed by atoms with Crippen molar-refractivity contribution in [1.82, 2.24) is 9.78 Å². The molecule has 0 amide bonds. The highest BCUT2D eigenvalue weighted by molar-refractivity contribution is 8.00. The van der Waals surface area contributed by atoms with Crippen LogP contribution in [0.5, 0.6) is 0 Å². The van der Waals surface area contributed by atoms with Crippen molar-refractivity contribution < 1.29 is 13.2 Å². The second kappa shape index (κ2) is 7.13. The molecule has 10 heteroatoms. The molecule has 2 aromatic rings. The molecule has 0 aliphatic heterocycles. The van der Waals surface area contributed by atoms with Gasteiger partial charge in [-0.1, -0.05) is 23.2 Å². The summed E-state index contributed by atoms with van der Waals surface area (Å²) in [5.74, 6) is 0.368. The molecule has 4 nitrogen and oxygen atoms in total. The number of hydrogen-bond donors (Lipinski definition) is 1. The van der Waals surface area contributed by atoms with Crippen LogP contribution in [-0.2, 0) is 0 Å². The molecule has 0 aliphatic carbocycles. The SMILES string of the molecule is CC(C)Nc1c(C#N)cnn1-c1c(Cl)cc(SC(F)(F)F)cc1Cl. The predicted octanol–water partition coefficient (Wildman–Crippen LogP) is 5.48. The molecule has 0 fully saturated rings. The normalized spacial score (nSPS) is 11.6. The van der Waals surface area contributed by atoms with Crippen LogP contribution in [0, 0.1) is 11.3 Å². The molecule has 0 saturated carbocycles. The van der Waals surface area contributed by atoms with Crippen molar-refractivity contribution in [3.8, 4) is 11.8 Å². The molecule has 0 radical (unpaired) electrons. The van der Waals surface area contributed by atoms with Gasteiger partial charge in [-0.15, -0.1) is 0 Å². The fraction of sp³-hybridized carbons (Fsp3) is 0.286. The Bertz CT molecular complexity index is 773. The molecule has 128 valence electrons. The van der Waals surface area contributed by atoms with E-state index in [2.05, 4.69) is 10.4 Å². The van der Waals surface area contributed by atoms with Gasteiger partial charge in [0.25, 0.3) is 0 Å². The molecule has 0 unspecified atom stereocenters. The number of aromatic nitrogens is 2. The van der Waals surface area contributed by atoms with Crippen LogP contribution in [0.15, 0.2) is 23.2 Å². The van der Waals surface area contributed by atoms with Crippen LogP contribution < -0.4 is 5.32 Å². The highest BCUT2D eigenvalue weighted by Crippen LogP contribution is 2.41. The van der Waals surface area contributed by atoms with Gasteiger partial charge in [-0.2, -0.15) is 23.5 Å². The number of alkyl halides is 3. The number of rotatable bonds is 4. The third-order valence-electron chi connectivity index (χ3n) is 2.75. The van der Waals surface area contributed by atoms with E-state index in [1.165, 1.54) is 10.9 Å². The summed E-state index contributed by atoms with van der Waals surface area (Å²) in [6.07, 6.45) is 1.33. The number of nitrogens with zero attached hydrogens (tertiary/aromatic N) is 3. The first-order chi connectivity index (χ1) is 11.1. The van der Waals surface area contributed by atoms with Gasteiger partial charge in [0.1, 0.15) is 23.1 Å². The van der Waals surface area contributed by atoms with Crippen LogP contribution >= 0.6 is 35.0 Å². The smallest absolute Gasteiger partial charge is 0.367 e. The minimum absolute atomic E-state index is 0.00588. The Morgan fingerprint density at radius 2 is 1.88 bits per heavy atom. The van der Waals surface area contributed by atoms with Crippen LogP contribution in [0.3, 0.4) is 0 Å². The van der Waals surface area contributed by atoms with Crippen molar-refractivity contribution in [2.75, 3.05) is 5.32 Å². The van der Waals surface area contributed by atoms with E-state index in [1.807, 2.05) is 19.9 Å². The Kier molecular flexibility index (Phi) is 5.58. The first-order valence-electron chi connectivity index (χ1n) is 6.62. The van der Waals surface area contributed by atoms with E-state index in [0.717, 1.165) is 12.1 Å². The van der Waals surface area contributed by atoms with Crippen molar-refractivity contribution in [2.24, 2.45) is 0 Å². The van der Waals surface area contributed by atoms with Gasteiger partial charge < -0.3 is 5.32 Å². The highest BCUT2D eigenvalue weighted by atomic mass is 35.5. The third kappa shape index (κ3) is 4.29. The Morgan fingerprint density at radius 3 is 2.33 bits per heavy atom. The van der Waals surface area contributed by atoms with E-state index in [4.69, 9.17) is 28.5 Å². The van der Waals surface area contributed by atoms with E-state index >= 15 is 0 Å². The largest absolute Gasteiger partial charge is 0.446 e. The molecule has 24 heavy (non-hydrogen) atoms. The van der Waals surface area contributed by atoms with Crippen LogP contribution in [0.25, 0.3) is 5.69 Å². The van der Waals surface area contributed by atoms with Crippen molar-refractivity contribution in [3.05, 3.63) is 33.9 Å². The average molecular weight is 395 g/mol. The Morgan fingerprint density at radius 1 is 1.29 bits per heavy atom. The minimum atomic E-state index is -4.45. The zero-order valence-electron chi connectivity index (χ0n) is 12.4. The molecule has 1 aromatic carbocycles. The lowest BCUT2D eigenvalue weighted by Crippen LogP contribution is -2.15. The summed E-state index contributed by atoms with van der Waals surface area (Å²) in [5, 5.41) is 16.3. The summed E-state index contributed by atoms with van der Waals surface area (Å²) in [6, 6.07) is 4.30. The molecule has 0 saturated heterocycles. The van der Waals surface area contributed by atoms with Gasteiger partial charge in [0, 0.05) is 10.9 Å². The average Bonchev–Trinajstić information content (AvgIpc) is 2.78. The number of nitriles is 1. The summed E-state index contributed by atoms with van der Waals surface area (Å²) in [5.41, 5.74) is -3.97. The first-order valence-corrected chi connectivity index (χ1v) is 8.19. The maximum atomic E-state index is 12.5. The lowest BCUT2D eigenvalue weighted by atomic mass is 10.3. The van der Waals surface area contributed by atoms with Gasteiger partial charge in [0.05, 0.1) is 16.2 Å². The van der Waals surface area contributed by atoms with Crippen molar-refractivity contribution in [3.63, 3.8) is 0 Å². The standard InChI is InChI=1S/C14H11Cl2F3N4S/c1-7(2)22-13-8(5-20)6-21-23(13)12-10(15)3-9(4-11(12)16)24-14(17,18)19/h3-4,6-7,22H,1-2H3. The maximum Gasteiger partial charge on any atom is 0.446 e. The summed E-state index contributed by atoms with van der Waals surface area (Å²) >= 11 is 11.9. The number of nitrogens with one attached hydrogen (secondary N) is 1. The quantitative estimate of drug-likeness (QED) is 0.697. The van der Waals surface area contributed by atoms with Crippen LogP contribution in [0.1, 0.15) is 19.4 Å². The molecule has 0 spiro atoms. The predicted molar refractivity (Wildman–Crippen MR) is 89.0 cm³/mol. The van der Waals surface area contributed by atoms with E-state index < -0.39 is 5.51 Å². The lowest BCUT2D eigenvalue weighted by Gasteiger charge is -2.16. The van der Waals surface area contributed by atoms with E-state index in [-0.39, 0.29) is 44.0 Å². The zero-order valence-corrected chi connectivity index (χ0v) is 14.8. The van der Waals surface area contributed by atoms with Crippen molar-refractivity contribution in [2.45, 2.75) is 30.3 Å². The zero-order chi connectivity index (χ0) is 18.1. The molecule has 1 aromatic heterocycles. The van der Waals surface area contributed by atoms with Crippen LogP contribution in [0.4, 0.5) is 19.0 Å². The van der Waals surface area contributed by atoms with E-state index in [9.17, 15) is 13.2 Å². The van der Waals surface area contributed by atoms with Crippen molar-refractivity contribution >= 4 is 40.8 Å². The van der Waals surface area contributed by atoms with Gasteiger partial charge in [0.2, 0.25) is 0 Å². The number of halogens is 5. The van der Waals surface area contributed by atoms with E-state index in [0.29, 0.717) is 5.82 Å². The molecule has 1 N–H and O–H groups in total. The first kappa shape index (κ1) is 18.8. The summed E-state index contributed by atoms with van der Waals surface area (Å²) in [6.45, 7) is 3.73. The third-order valence-corrected chi connectivity index (χ3v) is 4.03. The van der Waals surface area contributed by atoms with Crippen LogP contribution in [0.2, 0.25) is 10.0 Å². The monoisotopic (exact) mass is 394 g/mol. The molecular formula is C14H11Cl2F3N4S. The summed E-state index contributed by atoms with van der Waals surface area (Å²) in [4.78, 5) is -0.132. The number of thioether (sulfide) groups is 1. The molecule has 0 bridgehead atoms. The Hall–Kier alpha value is -1.56. The molecular weight excluding hydrogens is 384 g/mol. The second-order valence-electron chi connectivity index (χ2n) is 5.01. The van der Waals surface area contributed by atoms with Gasteiger partial charge in [-0.25, -0.2) is 4.68 Å². The molecule has 1 heterocycles. The second-order valence-corrected chi connectivity index (χ2v) is 6.97. The fourth-order valence-corrected chi connectivity index (χ4v) is 3.35.